The van der Waals surface area contributed by atoms with Crippen LogP contribution < -0.4 is 0 Å². The maximum atomic E-state index is 12.5. The molecule has 0 saturated carbocycles. The topological polar surface area (TPSA) is 53.1 Å². The van der Waals surface area contributed by atoms with E-state index in [4.69, 9.17) is 16.3 Å². The molecule has 130 valence electrons. The summed E-state index contributed by atoms with van der Waals surface area (Å²) in [6.07, 6.45) is 3.72. The van der Waals surface area contributed by atoms with Crippen molar-refractivity contribution in [2.24, 2.45) is 0 Å². The highest BCUT2D eigenvalue weighted by atomic mass is 35.5. The van der Waals surface area contributed by atoms with Crippen molar-refractivity contribution in [3.05, 3.63) is 10.7 Å². The number of morpholine rings is 1. The smallest absolute Gasteiger partial charge is 0.279 e. The van der Waals surface area contributed by atoms with Gasteiger partial charge in [-0.2, -0.15) is 0 Å². The number of ether oxygens (including phenoxy) is 1. The summed E-state index contributed by atoms with van der Waals surface area (Å²) in [4.78, 5) is 30.0. The van der Waals surface area contributed by atoms with Crippen LogP contribution in [0.5, 0.6) is 0 Å². The first kappa shape index (κ1) is 17.3. The van der Waals surface area contributed by atoms with Gasteiger partial charge in [0.15, 0.2) is 0 Å². The number of piperidine rings is 1. The summed E-state index contributed by atoms with van der Waals surface area (Å²) >= 11 is 6.11. The van der Waals surface area contributed by atoms with Gasteiger partial charge in [-0.1, -0.05) is 29.9 Å². The van der Waals surface area contributed by atoms with Gasteiger partial charge in [0.05, 0.1) is 26.3 Å². The van der Waals surface area contributed by atoms with Gasteiger partial charge in [0.2, 0.25) is 0 Å². The minimum atomic E-state index is -0.449. The third-order valence-electron chi connectivity index (χ3n) is 4.53. The highest BCUT2D eigenvalue weighted by molar-refractivity contribution is 6.47. The molecule has 3 aliphatic heterocycles. The second-order valence-electron chi connectivity index (χ2n) is 6.15. The van der Waals surface area contributed by atoms with Gasteiger partial charge in [0.1, 0.15) is 10.7 Å². The lowest BCUT2D eigenvalue weighted by Crippen LogP contribution is -2.40. The van der Waals surface area contributed by atoms with E-state index in [0.717, 1.165) is 18.0 Å². The number of carbonyl (C=O) groups excluding carboxylic acids is 2. The van der Waals surface area contributed by atoms with Crippen molar-refractivity contribution in [3.8, 4) is 11.8 Å². The van der Waals surface area contributed by atoms with Gasteiger partial charge in [-0.3, -0.25) is 19.4 Å². The lowest BCUT2D eigenvalue weighted by molar-refractivity contribution is -0.137. The molecule has 0 aromatic carbocycles. The molecule has 6 nitrogen and oxygen atoms in total. The maximum Gasteiger partial charge on any atom is 0.279 e. The molecule has 0 spiro atoms. The Balaban J connectivity index is 1.57. The number of imide groups is 1. The Morgan fingerprint density at radius 1 is 0.917 bits per heavy atom. The van der Waals surface area contributed by atoms with Crippen LogP contribution in [-0.2, 0) is 14.3 Å². The number of hydrogen-bond acceptors (Lipinski definition) is 5. The van der Waals surface area contributed by atoms with Crippen molar-refractivity contribution in [3.63, 3.8) is 0 Å². The van der Waals surface area contributed by atoms with E-state index < -0.39 is 5.91 Å². The normalized spacial score (nSPS) is 22.9. The third kappa shape index (κ3) is 3.75. The first-order chi connectivity index (χ1) is 11.7. The van der Waals surface area contributed by atoms with Gasteiger partial charge < -0.3 is 9.64 Å². The fraction of sp³-hybridized carbons (Fsp3) is 0.647. The average molecular weight is 352 g/mol. The Bertz CT molecular complexity index is 596. The number of carbonyl (C=O) groups is 2. The molecule has 24 heavy (non-hydrogen) atoms. The molecule has 3 rings (SSSR count). The molecule has 3 heterocycles. The summed E-state index contributed by atoms with van der Waals surface area (Å²) in [7, 11) is 0. The third-order valence-corrected chi connectivity index (χ3v) is 4.87. The standard InChI is InChI=1S/C17H22ClN3O3/c18-14-15(20-10-12-24-13-11-20)17(23)21(16(14)22)9-5-4-8-19-6-2-1-3-7-19/h1-3,6-13H2. The van der Waals surface area contributed by atoms with Crippen LogP contribution >= 0.6 is 11.6 Å². The molecule has 0 aromatic heterocycles. The zero-order valence-corrected chi connectivity index (χ0v) is 14.5. The van der Waals surface area contributed by atoms with E-state index in [9.17, 15) is 9.59 Å². The van der Waals surface area contributed by atoms with E-state index in [1.807, 2.05) is 4.90 Å². The SMILES string of the molecule is O=C1C(Cl)=C(N2CCOCC2)C(=O)N1CC#CCN1CCCCC1. The molecule has 2 amide bonds. The zero-order chi connectivity index (χ0) is 16.9. The molecule has 0 N–H and O–H groups in total. The second-order valence-corrected chi connectivity index (χ2v) is 6.53. The molecule has 2 fully saturated rings. The van der Waals surface area contributed by atoms with Crippen LogP contribution in [0.25, 0.3) is 0 Å². The number of likely N-dealkylation sites (tertiary alicyclic amines) is 1. The molecule has 7 heteroatoms. The molecule has 0 bridgehead atoms. The predicted molar refractivity (Wildman–Crippen MR) is 90.1 cm³/mol. The van der Waals surface area contributed by atoms with Crippen LogP contribution in [-0.4, -0.2) is 79.0 Å². The first-order valence-corrected chi connectivity index (χ1v) is 8.83. The van der Waals surface area contributed by atoms with Crippen LogP contribution in [0.1, 0.15) is 19.3 Å². The van der Waals surface area contributed by atoms with E-state index in [0.29, 0.717) is 38.5 Å². The summed E-state index contributed by atoms with van der Waals surface area (Å²) in [5.74, 6) is 5.21. The Morgan fingerprint density at radius 3 is 2.29 bits per heavy atom. The highest BCUT2D eigenvalue weighted by Gasteiger charge is 2.40. The zero-order valence-electron chi connectivity index (χ0n) is 13.7. The fourth-order valence-electron chi connectivity index (χ4n) is 3.16. The van der Waals surface area contributed by atoms with Gasteiger partial charge in [-0.15, -0.1) is 0 Å². The van der Waals surface area contributed by atoms with Gasteiger partial charge >= 0.3 is 0 Å². The minimum Gasteiger partial charge on any atom is -0.378 e. The van der Waals surface area contributed by atoms with Crippen LogP contribution in [0.2, 0.25) is 0 Å². The van der Waals surface area contributed by atoms with Crippen molar-refractivity contribution < 1.29 is 14.3 Å². The number of hydrogen-bond donors (Lipinski definition) is 0. The van der Waals surface area contributed by atoms with E-state index in [-0.39, 0.29) is 17.5 Å². The lowest BCUT2D eigenvalue weighted by atomic mass is 10.1. The van der Waals surface area contributed by atoms with Gasteiger partial charge in [0.25, 0.3) is 11.8 Å². The lowest BCUT2D eigenvalue weighted by Gasteiger charge is -2.29. The molecule has 0 atom stereocenters. The number of amides is 2. The molecule has 0 aliphatic carbocycles. The Kier molecular flexibility index (Phi) is 5.77. The summed E-state index contributed by atoms with van der Waals surface area (Å²) in [5.41, 5.74) is 0.294. The summed E-state index contributed by atoms with van der Waals surface area (Å²) < 4.78 is 5.28. The molecule has 0 aromatic rings. The largest absolute Gasteiger partial charge is 0.378 e. The Hall–Kier alpha value is -1.55. The van der Waals surface area contributed by atoms with Gasteiger partial charge in [-0.05, 0) is 25.9 Å². The molecule has 0 unspecified atom stereocenters. The monoisotopic (exact) mass is 351 g/mol. The average Bonchev–Trinajstić information content (AvgIpc) is 2.83. The fourth-order valence-corrected chi connectivity index (χ4v) is 3.46. The van der Waals surface area contributed by atoms with Gasteiger partial charge in [-0.25, -0.2) is 0 Å². The van der Waals surface area contributed by atoms with Crippen LogP contribution in [0.4, 0.5) is 0 Å². The van der Waals surface area contributed by atoms with Crippen LogP contribution in [0, 0.1) is 11.8 Å². The highest BCUT2D eigenvalue weighted by Crippen LogP contribution is 2.26. The Morgan fingerprint density at radius 2 is 1.58 bits per heavy atom. The predicted octanol–water partition coefficient (Wildman–Crippen LogP) is 0.627. The van der Waals surface area contributed by atoms with Crippen LogP contribution in [0.15, 0.2) is 10.7 Å². The summed E-state index contributed by atoms with van der Waals surface area (Å²) in [5, 5.41) is -0.000250. The van der Waals surface area contributed by atoms with E-state index >= 15 is 0 Å². The molecule has 2 saturated heterocycles. The number of rotatable bonds is 3. The molecule has 3 aliphatic rings. The Labute approximate surface area is 147 Å². The minimum absolute atomic E-state index is 0.000250. The molecular formula is C17H22ClN3O3. The molecular weight excluding hydrogens is 330 g/mol. The van der Waals surface area contributed by atoms with Crippen molar-refractivity contribution in [1.29, 1.82) is 0 Å². The van der Waals surface area contributed by atoms with Gasteiger partial charge in [0, 0.05) is 13.1 Å². The summed E-state index contributed by atoms with van der Waals surface area (Å²) in [6.45, 7) is 5.13. The van der Waals surface area contributed by atoms with Crippen molar-refractivity contribution in [2.75, 3.05) is 52.5 Å². The van der Waals surface area contributed by atoms with Crippen molar-refractivity contribution in [2.45, 2.75) is 19.3 Å². The van der Waals surface area contributed by atoms with E-state index in [2.05, 4.69) is 16.7 Å². The summed E-state index contributed by atoms with van der Waals surface area (Å²) in [6, 6.07) is 0. The maximum absolute atomic E-state index is 12.5. The number of nitrogens with zero attached hydrogens (tertiary/aromatic N) is 3. The van der Waals surface area contributed by atoms with Crippen molar-refractivity contribution >= 4 is 23.4 Å². The second kappa shape index (κ2) is 8.02. The molecule has 0 radical (unpaired) electrons. The van der Waals surface area contributed by atoms with Crippen molar-refractivity contribution in [1.82, 2.24) is 14.7 Å². The first-order valence-electron chi connectivity index (χ1n) is 8.45. The quantitative estimate of drug-likeness (QED) is 0.551. The number of halogens is 1. The van der Waals surface area contributed by atoms with E-state index in [1.54, 1.807) is 0 Å². The van der Waals surface area contributed by atoms with E-state index in [1.165, 1.54) is 19.3 Å². The van der Waals surface area contributed by atoms with Crippen LogP contribution in [0.3, 0.4) is 0 Å².